The van der Waals surface area contributed by atoms with E-state index in [9.17, 15) is 4.79 Å². The van der Waals surface area contributed by atoms with Gasteiger partial charge in [0.15, 0.2) is 5.58 Å². The van der Waals surface area contributed by atoms with Crippen LogP contribution in [0.25, 0.3) is 22.4 Å². The van der Waals surface area contributed by atoms with Crippen LogP contribution in [0.4, 0.5) is 0 Å². The molecular weight excluding hydrogens is 232 g/mol. The maximum absolute atomic E-state index is 11.1. The second kappa shape index (κ2) is 3.85. The lowest BCUT2D eigenvalue weighted by Gasteiger charge is -2.04. The van der Waals surface area contributed by atoms with Gasteiger partial charge in [0.1, 0.15) is 5.82 Å². The van der Waals surface area contributed by atoms with Gasteiger partial charge in [0, 0.05) is 12.6 Å². The van der Waals surface area contributed by atoms with Gasteiger partial charge in [-0.1, -0.05) is 6.07 Å². The van der Waals surface area contributed by atoms with Crippen LogP contribution < -0.4 is 11.5 Å². The molecule has 0 aliphatic carbocycles. The minimum Gasteiger partial charge on any atom is -0.408 e. The molecule has 0 fully saturated rings. The van der Waals surface area contributed by atoms with Gasteiger partial charge in [0.05, 0.1) is 24.0 Å². The highest BCUT2D eigenvalue weighted by atomic mass is 16.4. The average molecular weight is 244 g/mol. The highest BCUT2D eigenvalue weighted by Gasteiger charge is 2.09. The Labute approximate surface area is 102 Å². The van der Waals surface area contributed by atoms with E-state index in [1.807, 2.05) is 29.8 Å². The van der Waals surface area contributed by atoms with Crippen LogP contribution in [0.15, 0.2) is 33.6 Å². The fourth-order valence-electron chi connectivity index (χ4n) is 2.01. The second-order valence-electron chi connectivity index (χ2n) is 4.05. The van der Waals surface area contributed by atoms with Crippen molar-refractivity contribution in [3.05, 3.63) is 40.8 Å². The summed E-state index contributed by atoms with van der Waals surface area (Å²) in [6.45, 7) is 0.387. The van der Waals surface area contributed by atoms with Crippen molar-refractivity contribution in [1.82, 2.24) is 14.5 Å². The van der Waals surface area contributed by atoms with E-state index in [-0.39, 0.29) is 0 Å². The number of aromatic amines is 1. The van der Waals surface area contributed by atoms with Crippen molar-refractivity contribution in [2.24, 2.45) is 12.8 Å². The van der Waals surface area contributed by atoms with Crippen LogP contribution in [0.2, 0.25) is 0 Å². The molecule has 6 nitrogen and oxygen atoms in total. The molecule has 0 bridgehead atoms. The third-order valence-electron chi connectivity index (χ3n) is 2.98. The van der Waals surface area contributed by atoms with Gasteiger partial charge in [-0.05, 0) is 12.1 Å². The minimum atomic E-state index is -0.449. The zero-order chi connectivity index (χ0) is 12.7. The van der Waals surface area contributed by atoms with E-state index in [4.69, 9.17) is 10.2 Å². The van der Waals surface area contributed by atoms with Crippen LogP contribution in [0.3, 0.4) is 0 Å². The first-order chi connectivity index (χ1) is 8.69. The minimum absolute atomic E-state index is 0.387. The normalized spacial score (nSPS) is 11.2. The monoisotopic (exact) mass is 244 g/mol. The largest absolute Gasteiger partial charge is 0.417 e. The van der Waals surface area contributed by atoms with Crippen LogP contribution in [-0.4, -0.2) is 14.5 Å². The number of H-pyrrole nitrogens is 1. The Morgan fingerprint density at radius 3 is 3.06 bits per heavy atom. The molecule has 0 saturated heterocycles. The number of benzene rings is 1. The van der Waals surface area contributed by atoms with Gasteiger partial charge in [0.25, 0.3) is 0 Å². The van der Waals surface area contributed by atoms with Crippen molar-refractivity contribution in [3.63, 3.8) is 0 Å². The Morgan fingerprint density at radius 1 is 1.50 bits per heavy atom. The molecular formula is C12H12N4O2. The summed E-state index contributed by atoms with van der Waals surface area (Å²) in [5, 5.41) is 0. The summed E-state index contributed by atoms with van der Waals surface area (Å²) in [7, 11) is 1.90. The number of hydrogen-bond acceptors (Lipinski definition) is 4. The van der Waals surface area contributed by atoms with Gasteiger partial charge in [-0.25, -0.2) is 9.78 Å². The standard InChI is InChI=1S/C12H12N4O2/c1-16-9(6-14-11(16)5-13)7-2-3-8-10(4-7)18-12(17)15-8/h2-4,6H,5,13H2,1H3,(H,15,17). The van der Waals surface area contributed by atoms with E-state index >= 15 is 0 Å². The number of oxazole rings is 1. The zero-order valence-electron chi connectivity index (χ0n) is 9.80. The lowest BCUT2D eigenvalue weighted by molar-refractivity contribution is 0.555. The number of nitrogens with two attached hydrogens (primary N) is 1. The zero-order valence-corrected chi connectivity index (χ0v) is 9.80. The van der Waals surface area contributed by atoms with Gasteiger partial charge >= 0.3 is 5.76 Å². The summed E-state index contributed by atoms with van der Waals surface area (Å²) < 4.78 is 6.96. The summed E-state index contributed by atoms with van der Waals surface area (Å²) >= 11 is 0. The molecule has 1 aromatic carbocycles. The summed E-state index contributed by atoms with van der Waals surface area (Å²) in [5.74, 6) is 0.357. The van der Waals surface area contributed by atoms with E-state index in [0.29, 0.717) is 17.6 Å². The number of rotatable bonds is 2. The van der Waals surface area contributed by atoms with Gasteiger partial charge in [-0.15, -0.1) is 0 Å². The van der Waals surface area contributed by atoms with Crippen LogP contribution >= 0.6 is 0 Å². The topological polar surface area (TPSA) is 89.8 Å². The van der Waals surface area contributed by atoms with Crippen LogP contribution in [0, 0.1) is 0 Å². The summed E-state index contributed by atoms with van der Waals surface area (Å²) in [6, 6.07) is 5.53. The molecule has 18 heavy (non-hydrogen) atoms. The van der Waals surface area contributed by atoms with Gasteiger partial charge in [-0.3, -0.25) is 4.98 Å². The molecule has 2 heterocycles. The first-order valence-electron chi connectivity index (χ1n) is 5.53. The number of fused-ring (bicyclic) bond motifs is 1. The molecule has 6 heteroatoms. The van der Waals surface area contributed by atoms with E-state index in [2.05, 4.69) is 9.97 Å². The summed E-state index contributed by atoms with van der Waals surface area (Å²) in [6.07, 6.45) is 1.76. The molecule has 2 aromatic heterocycles. The Hall–Kier alpha value is -2.34. The smallest absolute Gasteiger partial charge is 0.408 e. The summed E-state index contributed by atoms with van der Waals surface area (Å²) in [5.41, 5.74) is 8.67. The molecule has 3 aromatic rings. The first-order valence-corrected chi connectivity index (χ1v) is 5.53. The van der Waals surface area contributed by atoms with Gasteiger partial charge in [0.2, 0.25) is 0 Å². The summed E-state index contributed by atoms with van der Waals surface area (Å²) in [4.78, 5) is 17.9. The highest BCUT2D eigenvalue weighted by molar-refractivity contribution is 5.78. The number of hydrogen-bond donors (Lipinski definition) is 2. The molecule has 0 atom stereocenters. The van der Waals surface area contributed by atoms with E-state index in [0.717, 1.165) is 17.1 Å². The van der Waals surface area contributed by atoms with Gasteiger partial charge in [-0.2, -0.15) is 0 Å². The van der Waals surface area contributed by atoms with E-state index in [1.54, 1.807) is 6.20 Å². The molecule has 92 valence electrons. The maximum atomic E-state index is 11.1. The molecule has 0 unspecified atom stereocenters. The second-order valence-corrected chi connectivity index (χ2v) is 4.05. The van der Waals surface area contributed by atoms with E-state index in [1.165, 1.54) is 0 Å². The SMILES string of the molecule is Cn1c(-c2ccc3[nH]c(=O)oc3c2)cnc1CN. The predicted molar refractivity (Wildman–Crippen MR) is 66.9 cm³/mol. The molecule has 3 rings (SSSR count). The maximum Gasteiger partial charge on any atom is 0.417 e. The van der Waals surface area contributed by atoms with E-state index < -0.39 is 5.76 Å². The number of nitrogens with one attached hydrogen (secondary N) is 1. The first kappa shape index (κ1) is 10.8. The van der Waals surface area contributed by atoms with Crippen LogP contribution in [0.1, 0.15) is 5.82 Å². The van der Waals surface area contributed by atoms with Crippen molar-refractivity contribution < 1.29 is 4.42 Å². The van der Waals surface area contributed by atoms with Crippen molar-refractivity contribution in [1.29, 1.82) is 0 Å². The van der Waals surface area contributed by atoms with Crippen molar-refractivity contribution in [2.75, 3.05) is 0 Å². The predicted octanol–water partition coefficient (Wildman–Crippen LogP) is 0.980. The van der Waals surface area contributed by atoms with Crippen molar-refractivity contribution in [2.45, 2.75) is 6.54 Å². The van der Waals surface area contributed by atoms with Crippen LogP contribution in [0.5, 0.6) is 0 Å². The van der Waals surface area contributed by atoms with Crippen molar-refractivity contribution in [3.8, 4) is 11.3 Å². The van der Waals surface area contributed by atoms with Gasteiger partial charge < -0.3 is 14.7 Å². The lowest BCUT2D eigenvalue weighted by Crippen LogP contribution is -2.05. The molecule has 0 aliphatic rings. The molecule has 0 amide bonds. The third-order valence-corrected chi connectivity index (χ3v) is 2.98. The van der Waals surface area contributed by atoms with Crippen molar-refractivity contribution >= 4 is 11.1 Å². The Bertz CT molecular complexity index is 766. The third kappa shape index (κ3) is 1.54. The Kier molecular flexibility index (Phi) is 2.31. The molecule has 0 aliphatic heterocycles. The quantitative estimate of drug-likeness (QED) is 0.703. The average Bonchev–Trinajstić information content (AvgIpc) is 2.89. The Morgan fingerprint density at radius 2 is 2.33 bits per heavy atom. The molecule has 0 saturated carbocycles. The fraction of sp³-hybridized carbons (Fsp3) is 0.167. The number of imidazole rings is 1. The highest BCUT2D eigenvalue weighted by Crippen LogP contribution is 2.23. The lowest BCUT2D eigenvalue weighted by atomic mass is 10.1. The van der Waals surface area contributed by atoms with Crippen LogP contribution in [-0.2, 0) is 13.6 Å². The molecule has 0 spiro atoms. The fourth-order valence-corrected chi connectivity index (χ4v) is 2.01. The number of aromatic nitrogens is 3. The number of nitrogens with zero attached hydrogens (tertiary/aromatic N) is 2. The molecule has 3 N–H and O–H groups in total. The molecule has 0 radical (unpaired) electrons. The Balaban J connectivity index is 2.18.